The van der Waals surface area contributed by atoms with Gasteiger partial charge in [-0.25, -0.2) is 8.42 Å². The van der Waals surface area contributed by atoms with Crippen LogP contribution in [0.5, 0.6) is 0 Å². The second-order valence-corrected chi connectivity index (χ2v) is 8.17. The standard InChI is InChI=1S/C16H19N3O4S/c20-14(17-10-12-8-9-24(21,22)11-12)6-7-15-18-19-16(23-15)13-4-2-1-3-5-13/h1-5,12H,6-11H2,(H,17,20). The van der Waals surface area contributed by atoms with Gasteiger partial charge in [-0.3, -0.25) is 4.79 Å². The van der Waals surface area contributed by atoms with Gasteiger partial charge in [0.25, 0.3) is 0 Å². The fourth-order valence-corrected chi connectivity index (χ4v) is 4.51. The van der Waals surface area contributed by atoms with Crippen LogP contribution in [0.3, 0.4) is 0 Å². The predicted octanol–water partition coefficient (Wildman–Crippen LogP) is 1.22. The molecule has 8 heteroatoms. The maximum atomic E-state index is 11.9. The highest BCUT2D eigenvalue weighted by Gasteiger charge is 2.27. The second kappa shape index (κ2) is 7.12. The Morgan fingerprint density at radius 3 is 2.75 bits per heavy atom. The number of nitrogens with zero attached hydrogens (tertiary/aromatic N) is 2. The molecule has 1 amide bonds. The predicted molar refractivity (Wildman–Crippen MR) is 87.8 cm³/mol. The van der Waals surface area contributed by atoms with Crippen molar-refractivity contribution in [3.63, 3.8) is 0 Å². The van der Waals surface area contributed by atoms with Gasteiger partial charge in [-0.2, -0.15) is 0 Å². The fraction of sp³-hybridized carbons (Fsp3) is 0.438. The van der Waals surface area contributed by atoms with Crippen molar-refractivity contribution in [3.8, 4) is 11.5 Å². The Morgan fingerprint density at radius 2 is 2.04 bits per heavy atom. The normalized spacial score (nSPS) is 19.2. The summed E-state index contributed by atoms with van der Waals surface area (Å²) >= 11 is 0. The van der Waals surface area contributed by atoms with E-state index in [1.807, 2.05) is 30.3 Å². The van der Waals surface area contributed by atoms with E-state index in [0.29, 0.717) is 31.2 Å². The molecule has 1 N–H and O–H groups in total. The summed E-state index contributed by atoms with van der Waals surface area (Å²) in [5.41, 5.74) is 0.836. The molecule has 3 rings (SSSR count). The van der Waals surface area contributed by atoms with Crippen LogP contribution in [0.15, 0.2) is 34.7 Å². The minimum Gasteiger partial charge on any atom is -0.421 e. The third-order valence-corrected chi connectivity index (χ3v) is 5.81. The van der Waals surface area contributed by atoms with Crippen LogP contribution in [0.25, 0.3) is 11.5 Å². The summed E-state index contributed by atoms with van der Waals surface area (Å²) in [5.74, 6) is 1.11. The van der Waals surface area contributed by atoms with E-state index in [0.717, 1.165) is 5.56 Å². The Hall–Kier alpha value is -2.22. The second-order valence-electron chi connectivity index (χ2n) is 5.94. The fourth-order valence-electron chi connectivity index (χ4n) is 2.65. The summed E-state index contributed by atoms with van der Waals surface area (Å²) in [7, 11) is -2.91. The molecule has 1 aromatic heterocycles. The first-order valence-corrected chi connectivity index (χ1v) is 9.69. The van der Waals surface area contributed by atoms with E-state index in [-0.39, 0.29) is 29.8 Å². The Bertz CT molecular complexity index is 802. The van der Waals surface area contributed by atoms with E-state index in [4.69, 9.17) is 4.42 Å². The summed E-state index contributed by atoms with van der Waals surface area (Å²) in [5, 5.41) is 10.7. The first-order chi connectivity index (χ1) is 11.5. The Morgan fingerprint density at radius 1 is 1.25 bits per heavy atom. The van der Waals surface area contributed by atoms with Crippen LogP contribution in [0.2, 0.25) is 0 Å². The summed E-state index contributed by atoms with van der Waals surface area (Å²) in [6, 6.07) is 9.42. The van der Waals surface area contributed by atoms with Crippen LogP contribution in [-0.2, 0) is 21.1 Å². The number of hydrogen-bond donors (Lipinski definition) is 1. The lowest BCUT2D eigenvalue weighted by Gasteiger charge is -2.08. The lowest BCUT2D eigenvalue weighted by Crippen LogP contribution is -2.30. The molecule has 1 fully saturated rings. The molecule has 1 aliphatic rings. The van der Waals surface area contributed by atoms with Crippen molar-refractivity contribution in [2.75, 3.05) is 18.1 Å². The van der Waals surface area contributed by atoms with Crippen LogP contribution >= 0.6 is 0 Å². The SMILES string of the molecule is O=C(CCc1nnc(-c2ccccc2)o1)NCC1CCS(=O)(=O)C1. The molecule has 0 bridgehead atoms. The van der Waals surface area contributed by atoms with Crippen molar-refractivity contribution in [1.29, 1.82) is 0 Å². The van der Waals surface area contributed by atoms with Crippen LogP contribution in [-0.4, -0.2) is 42.6 Å². The van der Waals surface area contributed by atoms with E-state index in [9.17, 15) is 13.2 Å². The van der Waals surface area contributed by atoms with Gasteiger partial charge >= 0.3 is 0 Å². The van der Waals surface area contributed by atoms with Gasteiger partial charge in [-0.05, 0) is 24.5 Å². The van der Waals surface area contributed by atoms with Gasteiger partial charge in [-0.15, -0.1) is 10.2 Å². The van der Waals surface area contributed by atoms with E-state index >= 15 is 0 Å². The summed E-state index contributed by atoms with van der Waals surface area (Å²) < 4.78 is 28.3. The van der Waals surface area contributed by atoms with E-state index in [2.05, 4.69) is 15.5 Å². The maximum Gasteiger partial charge on any atom is 0.247 e. The number of carbonyl (C=O) groups excluding carboxylic acids is 1. The zero-order chi connectivity index (χ0) is 17.0. The number of sulfone groups is 1. The van der Waals surface area contributed by atoms with Gasteiger partial charge < -0.3 is 9.73 Å². The zero-order valence-electron chi connectivity index (χ0n) is 13.1. The lowest BCUT2D eigenvalue weighted by molar-refractivity contribution is -0.121. The third-order valence-electron chi connectivity index (χ3n) is 3.97. The molecule has 1 unspecified atom stereocenters. The molecule has 0 saturated carbocycles. The highest BCUT2D eigenvalue weighted by Crippen LogP contribution is 2.18. The molecule has 24 heavy (non-hydrogen) atoms. The van der Waals surface area contributed by atoms with Crippen molar-refractivity contribution in [3.05, 3.63) is 36.2 Å². The first-order valence-electron chi connectivity index (χ1n) is 7.87. The maximum absolute atomic E-state index is 11.9. The zero-order valence-corrected chi connectivity index (χ0v) is 14.0. The summed E-state index contributed by atoms with van der Waals surface area (Å²) in [6.07, 6.45) is 1.21. The first kappa shape index (κ1) is 16.6. The monoisotopic (exact) mass is 349 g/mol. The van der Waals surface area contributed by atoms with Gasteiger partial charge in [0.15, 0.2) is 9.84 Å². The topological polar surface area (TPSA) is 102 Å². The van der Waals surface area contributed by atoms with Crippen molar-refractivity contribution in [2.24, 2.45) is 5.92 Å². The Balaban J connectivity index is 1.44. The number of rotatable bonds is 6. The summed E-state index contributed by atoms with van der Waals surface area (Å²) in [4.78, 5) is 11.9. The van der Waals surface area contributed by atoms with Gasteiger partial charge in [0.2, 0.25) is 17.7 Å². The van der Waals surface area contributed by atoms with E-state index in [1.54, 1.807) is 0 Å². The third kappa shape index (κ3) is 4.41. The number of aryl methyl sites for hydroxylation is 1. The van der Waals surface area contributed by atoms with E-state index in [1.165, 1.54) is 0 Å². The molecule has 1 aromatic carbocycles. The molecule has 0 radical (unpaired) electrons. The number of aromatic nitrogens is 2. The van der Waals surface area contributed by atoms with Crippen LogP contribution < -0.4 is 5.32 Å². The molecule has 2 aromatic rings. The number of amides is 1. The number of carbonyl (C=O) groups is 1. The summed E-state index contributed by atoms with van der Waals surface area (Å²) in [6.45, 7) is 0.400. The van der Waals surface area contributed by atoms with Crippen LogP contribution in [0, 0.1) is 5.92 Å². The van der Waals surface area contributed by atoms with Gasteiger partial charge in [0.05, 0.1) is 11.5 Å². The molecule has 128 valence electrons. The van der Waals surface area contributed by atoms with E-state index < -0.39 is 9.84 Å². The quantitative estimate of drug-likeness (QED) is 0.841. The molecular weight excluding hydrogens is 330 g/mol. The van der Waals surface area contributed by atoms with Gasteiger partial charge in [-0.1, -0.05) is 18.2 Å². The van der Waals surface area contributed by atoms with Crippen molar-refractivity contribution >= 4 is 15.7 Å². The molecule has 2 heterocycles. The number of benzene rings is 1. The van der Waals surface area contributed by atoms with Crippen molar-refractivity contribution < 1.29 is 17.6 Å². The van der Waals surface area contributed by atoms with Crippen LogP contribution in [0.1, 0.15) is 18.7 Å². The molecule has 1 aliphatic heterocycles. The van der Waals surface area contributed by atoms with Crippen molar-refractivity contribution in [1.82, 2.24) is 15.5 Å². The number of hydrogen-bond acceptors (Lipinski definition) is 6. The van der Waals surface area contributed by atoms with Gasteiger partial charge in [0.1, 0.15) is 0 Å². The largest absolute Gasteiger partial charge is 0.421 e. The smallest absolute Gasteiger partial charge is 0.247 e. The molecule has 7 nitrogen and oxygen atoms in total. The minimum absolute atomic E-state index is 0.0204. The molecule has 0 spiro atoms. The van der Waals surface area contributed by atoms with Gasteiger partial charge in [0, 0.05) is 24.9 Å². The molecule has 1 saturated heterocycles. The Kier molecular flexibility index (Phi) is 4.94. The molecular formula is C16H19N3O4S. The molecule has 0 aliphatic carbocycles. The van der Waals surface area contributed by atoms with Crippen LogP contribution in [0.4, 0.5) is 0 Å². The minimum atomic E-state index is -2.91. The average Bonchev–Trinajstić information content (AvgIpc) is 3.18. The Labute approximate surface area is 140 Å². The highest BCUT2D eigenvalue weighted by molar-refractivity contribution is 7.91. The number of nitrogens with one attached hydrogen (secondary N) is 1. The van der Waals surface area contributed by atoms with Crippen molar-refractivity contribution in [2.45, 2.75) is 19.3 Å². The average molecular weight is 349 g/mol. The lowest BCUT2D eigenvalue weighted by atomic mass is 10.1. The molecule has 1 atom stereocenters. The highest BCUT2D eigenvalue weighted by atomic mass is 32.2.